The van der Waals surface area contributed by atoms with Gasteiger partial charge < -0.3 is 19.9 Å². The van der Waals surface area contributed by atoms with Gasteiger partial charge in [-0.25, -0.2) is 0 Å². The number of aromatic nitrogens is 3. The summed E-state index contributed by atoms with van der Waals surface area (Å²) in [5, 5.41) is 21.3. The van der Waals surface area contributed by atoms with Crippen molar-refractivity contribution < 1.29 is 27.8 Å². The standard InChI is InChI=1S/C21H23F3N4O3/c1-30-15-7-8-16(18(11-15)31-21(22,23)24)19-17-6-3-9-28(17)20(27-26-19)25-14-5-2-4-13(10-14)12-29/h3,6-9,11,13-14,29H,2,4-5,10,12H2,1H3,(H,25,27)/t13-,14+/m1/s1. The zero-order valence-electron chi connectivity index (χ0n) is 16.9. The minimum Gasteiger partial charge on any atom is -0.497 e. The zero-order chi connectivity index (χ0) is 22.0. The quantitative estimate of drug-likeness (QED) is 0.601. The maximum atomic E-state index is 13.0. The fraction of sp³-hybridized carbons (Fsp3) is 0.429. The Bertz CT molecular complexity index is 1050. The predicted octanol–water partition coefficient (Wildman–Crippen LogP) is 4.27. The summed E-state index contributed by atoms with van der Waals surface area (Å²) in [6.07, 6.45) is 0.689. The number of halogens is 3. The molecular weight excluding hydrogens is 413 g/mol. The topological polar surface area (TPSA) is 80.9 Å². The van der Waals surface area contributed by atoms with E-state index in [2.05, 4.69) is 20.3 Å². The average molecular weight is 436 g/mol. The minimum absolute atomic E-state index is 0.141. The van der Waals surface area contributed by atoms with Gasteiger partial charge in [-0.3, -0.25) is 4.40 Å². The van der Waals surface area contributed by atoms with Gasteiger partial charge in [0.1, 0.15) is 17.2 Å². The summed E-state index contributed by atoms with van der Waals surface area (Å²) in [4.78, 5) is 0. The predicted molar refractivity (Wildman–Crippen MR) is 108 cm³/mol. The molecular formula is C21H23F3N4O3. The number of nitrogens with zero attached hydrogens (tertiary/aromatic N) is 3. The molecule has 0 aliphatic heterocycles. The highest BCUT2D eigenvalue weighted by molar-refractivity contribution is 5.81. The van der Waals surface area contributed by atoms with E-state index in [4.69, 9.17) is 4.74 Å². The van der Waals surface area contributed by atoms with Gasteiger partial charge in [0.25, 0.3) is 0 Å². The van der Waals surface area contributed by atoms with Crippen LogP contribution in [-0.2, 0) is 0 Å². The van der Waals surface area contributed by atoms with Gasteiger partial charge in [0.05, 0.1) is 12.6 Å². The lowest BCUT2D eigenvalue weighted by Crippen LogP contribution is -2.30. The maximum Gasteiger partial charge on any atom is 0.573 e. The Morgan fingerprint density at radius 3 is 2.81 bits per heavy atom. The fourth-order valence-corrected chi connectivity index (χ4v) is 4.05. The minimum atomic E-state index is -4.86. The molecule has 1 aliphatic carbocycles. The lowest BCUT2D eigenvalue weighted by Gasteiger charge is -2.29. The van der Waals surface area contributed by atoms with Gasteiger partial charge in [-0.05, 0) is 49.4 Å². The van der Waals surface area contributed by atoms with Gasteiger partial charge in [0.15, 0.2) is 0 Å². The summed E-state index contributed by atoms with van der Waals surface area (Å²) in [7, 11) is 1.37. The van der Waals surface area contributed by atoms with Crippen molar-refractivity contribution in [1.82, 2.24) is 14.6 Å². The van der Waals surface area contributed by atoms with Crippen LogP contribution >= 0.6 is 0 Å². The lowest BCUT2D eigenvalue weighted by molar-refractivity contribution is -0.274. The van der Waals surface area contributed by atoms with E-state index in [-0.39, 0.29) is 35.6 Å². The maximum absolute atomic E-state index is 13.0. The number of aliphatic hydroxyl groups is 1. The van der Waals surface area contributed by atoms with E-state index in [0.29, 0.717) is 11.5 Å². The average Bonchev–Trinajstić information content (AvgIpc) is 3.24. The summed E-state index contributed by atoms with van der Waals surface area (Å²) in [6.45, 7) is 0.154. The fourth-order valence-electron chi connectivity index (χ4n) is 4.05. The van der Waals surface area contributed by atoms with Crippen LogP contribution in [0.1, 0.15) is 25.7 Å². The number of methoxy groups -OCH3 is 1. The molecule has 2 atom stereocenters. The molecule has 0 spiro atoms. The molecule has 0 unspecified atom stereocenters. The van der Waals surface area contributed by atoms with Crippen LogP contribution in [0.5, 0.6) is 11.5 Å². The number of hydrogen-bond donors (Lipinski definition) is 2. The normalized spacial score (nSPS) is 19.4. The van der Waals surface area contributed by atoms with Crippen LogP contribution < -0.4 is 14.8 Å². The Balaban J connectivity index is 1.71. The third kappa shape index (κ3) is 4.68. The van der Waals surface area contributed by atoms with Crippen molar-refractivity contribution in [2.24, 2.45) is 5.92 Å². The number of hydrogen-bond acceptors (Lipinski definition) is 6. The molecule has 1 saturated carbocycles. The molecule has 2 aromatic heterocycles. The first-order chi connectivity index (χ1) is 14.9. The molecule has 1 fully saturated rings. The largest absolute Gasteiger partial charge is 0.573 e. The van der Waals surface area contributed by atoms with Crippen molar-refractivity contribution in [3.63, 3.8) is 0 Å². The molecule has 1 aromatic carbocycles. The second-order valence-electron chi connectivity index (χ2n) is 7.60. The van der Waals surface area contributed by atoms with Gasteiger partial charge in [0.2, 0.25) is 5.95 Å². The number of alkyl halides is 3. The molecule has 4 rings (SSSR count). The van der Waals surface area contributed by atoms with Crippen molar-refractivity contribution in [3.05, 3.63) is 36.5 Å². The van der Waals surface area contributed by atoms with Gasteiger partial charge in [-0.1, -0.05) is 6.42 Å². The van der Waals surface area contributed by atoms with Crippen LogP contribution in [0.3, 0.4) is 0 Å². The third-order valence-corrected chi connectivity index (χ3v) is 5.51. The van der Waals surface area contributed by atoms with E-state index >= 15 is 0 Å². The highest BCUT2D eigenvalue weighted by Crippen LogP contribution is 2.38. The van der Waals surface area contributed by atoms with Crippen LogP contribution in [0.25, 0.3) is 16.8 Å². The molecule has 10 heteroatoms. The molecule has 166 valence electrons. The molecule has 1 aliphatic rings. The number of aliphatic hydroxyl groups excluding tert-OH is 1. The molecule has 0 radical (unpaired) electrons. The number of ether oxygens (including phenoxy) is 2. The van der Waals surface area contributed by atoms with Gasteiger partial charge in [-0.2, -0.15) is 0 Å². The first-order valence-corrected chi connectivity index (χ1v) is 10.0. The lowest BCUT2D eigenvalue weighted by atomic mass is 9.86. The summed E-state index contributed by atoms with van der Waals surface area (Å²) >= 11 is 0. The van der Waals surface area contributed by atoms with Crippen LogP contribution in [0.15, 0.2) is 36.5 Å². The SMILES string of the molecule is COc1ccc(-c2nnc(N[C@H]3CCC[C@@H](CO)C3)n3cccc23)c(OC(F)(F)F)c1. The van der Waals surface area contributed by atoms with Crippen LogP contribution in [-0.4, -0.2) is 45.8 Å². The highest BCUT2D eigenvalue weighted by atomic mass is 19.4. The highest BCUT2D eigenvalue weighted by Gasteiger charge is 2.33. The number of nitrogens with one attached hydrogen (secondary N) is 1. The second-order valence-corrected chi connectivity index (χ2v) is 7.60. The smallest absolute Gasteiger partial charge is 0.497 e. The molecule has 0 amide bonds. The van der Waals surface area contributed by atoms with Gasteiger partial charge in [-0.15, -0.1) is 23.4 Å². The summed E-state index contributed by atoms with van der Waals surface area (Å²) in [6, 6.07) is 7.86. The second kappa shape index (κ2) is 8.62. The van der Waals surface area contributed by atoms with E-state index in [0.717, 1.165) is 25.7 Å². The van der Waals surface area contributed by atoms with E-state index in [1.807, 2.05) is 0 Å². The third-order valence-electron chi connectivity index (χ3n) is 5.51. The first-order valence-electron chi connectivity index (χ1n) is 10.0. The summed E-state index contributed by atoms with van der Waals surface area (Å²) < 4.78 is 50.0. The molecule has 2 N–H and O–H groups in total. The van der Waals surface area contributed by atoms with Gasteiger partial charge in [0, 0.05) is 30.5 Å². The molecule has 3 aromatic rings. The first kappa shape index (κ1) is 21.2. The van der Waals surface area contributed by atoms with E-state index < -0.39 is 12.1 Å². The van der Waals surface area contributed by atoms with Crippen molar-refractivity contribution in [2.45, 2.75) is 38.1 Å². The van der Waals surface area contributed by atoms with Crippen LogP contribution in [0.2, 0.25) is 0 Å². The zero-order valence-corrected chi connectivity index (χ0v) is 16.9. The van der Waals surface area contributed by atoms with Crippen LogP contribution in [0, 0.1) is 5.92 Å². The molecule has 0 bridgehead atoms. The Labute approximate surface area is 176 Å². The number of benzene rings is 1. The van der Waals surface area contributed by atoms with E-state index in [1.165, 1.54) is 19.2 Å². The molecule has 0 saturated heterocycles. The number of anilines is 1. The van der Waals surface area contributed by atoms with E-state index in [9.17, 15) is 18.3 Å². The number of fused-ring (bicyclic) bond motifs is 1. The van der Waals surface area contributed by atoms with E-state index in [1.54, 1.807) is 28.8 Å². The van der Waals surface area contributed by atoms with Crippen molar-refractivity contribution in [1.29, 1.82) is 0 Å². The Hall–Kier alpha value is -3.01. The molecule has 2 heterocycles. The Kier molecular flexibility index (Phi) is 5.90. The summed E-state index contributed by atoms with van der Waals surface area (Å²) in [5.41, 5.74) is 0.998. The van der Waals surface area contributed by atoms with Crippen molar-refractivity contribution in [2.75, 3.05) is 19.0 Å². The van der Waals surface area contributed by atoms with Gasteiger partial charge >= 0.3 is 6.36 Å². The molecule has 31 heavy (non-hydrogen) atoms. The van der Waals surface area contributed by atoms with Crippen LogP contribution in [0.4, 0.5) is 19.1 Å². The van der Waals surface area contributed by atoms with Crippen molar-refractivity contribution >= 4 is 11.5 Å². The van der Waals surface area contributed by atoms with Crippen molar-refractivity contribution in [3.8, 4) is 22.8 Å². The summed E-state index contributed by atoms with van der Waals surface area (Å²) in [5.74, 6) is 0.568. The molecule has 7 nitrogen and oxygen atoms in total. The Morgan fingerprint density at radius 1 is 1.23 bits per heavy atom. The monoisotopic (exact) mass is 436 g/mol. The Morgan fingerprint density at radius 2 is 2.06 bits per heavy atom. The number of rotatable bonds is 6.